The molecule has 3 aliphatic rings. The SMILES string of the molecule is C#CCCN(C)[C@H]1C[C@@H](C)OC(O[C@@H]2[C@@H](C)[C@H](OC3C[C@@](C)(OC)[C@@H](O)[C@H](C)O3)[C@@H](C)C(=O)O[C@H](CC)[C@@](C)(O)[C@H](O)[C@@H](C)C(N=O)[C@H](C)CC2(O)O)[C@H]1O. The molecular formula is C39H68N2O14. The molecule has 16 nitrogen and oxygen atoms in total. The Kier molecular flexibility index (Phi) is 16.6. The second kappa shape index (κ2) is 19.3. The van der Waals surface area contributed by atoms with Gasteiger partial charge in [0.2, 0.25) is 0 Å². The summed E-state index contributed by atoms with van der Waals surface area (Å²) in [5.74, 6) is -5.32. The van der Waals surface area contributed by atoms with Gasteiger partial charge in [-0.2, -0.15) is 4.91 Å². The number of carbonyl (C=O) groups is 1. The number of hydrogen-bond acceptors (Lipinski definition) is 16. The molecule has 3 unspecified atom stereocenters. The second-order valence-electron chi connectivity index (χ2n) is 16.8. The second-order valence-corrected chi connectivity index (χ2v) is 16.8. The van der Waals surface area contributed by atoms with Crippen LogP contribution in [0.15, 0.2) is 5.18 Å². The van der Waals surface area contributed by atoms with Gasteiger partial charge in [0.15, 0.2) is 18.4 Å². The van der Waals surface area contributed by atoms with E-state index in [1.807, 2.05) is 11.9 Å². The highest BCUT2D eigenvalue weighted by molar-refractivity contribution is 5.73. The first-order valence-corrected chi connectivity index (χ1v) is 19.6. The summed E-state index contributed by atoms with van der Waals surface area (Å²) < 4.78 is 36.8. The predicted octanol–water partition coefficient (Wildman–Crippen LogP) is 1.67. The lowest BCUT2D eigenvalue weighted by Crippen LogP contribution is -2.62. The minimum atomic E-state index is -2.80. The molecule has 0 radical (unpaired) electrons. The third-order valence-electron chi connectivity index (χ3n) is 12.4. The van der Waals surface area contributed by atoms with E-state index in [9.17, 15) is 40.3 Å². The molecule has 3 aliphatic heterocycles. The summed E-state index contributed by atoms with van der Waals surface area (Å²) in [4.78, 5) is 28.4. The zero-order valence-corrected chi connectivity index (χ0v) is 34.4. The average Bonchev–Trinajstić information content (AvgIpc) is 3.12. The number of hydrogen-bond donors (Lipinski definition) is 6. The normalized spacial score (nSPS) is 46.3. The van der Waals surface area contributed by atoms with Gasteiger partial charge in [0.05, 0.1) is 42.0 Å². The Morgan fingerprint density at radius 3 is 2.18 bits per heavy atom. The van der Waals surface area contributed by atoms with Crippen molar-refractivity contribution in [2.75, 3.05) is 20.7 Å². The summed E-state index contributed by atoms with van der Waals surface area (Å²) in [6.07, 6.45) is -5.90. The first-order chi connectivity index (χ1) is 25.5. The number of esters is 1. The van der Waals surface area contributed by atoms with E-state index in [0.717, 1.165) is 0 Å². The molecule has 0 saturated carbocycles. The van der Waals surface area contributed by atoms with Crippen LogP contribution in [0.2, 0.25) is 0 Å². The quantitative estimate of drug-likeness (QED) is 0.0802. The molecule has 3 rings (SSSR count). The smallest absolute Gasteiger partial charge is 0.311 e. The Hall–Kier alpha value is -1.85. The number of ether oxygens (including phenoxy) is 6. The molecule has 0 amide bonds. The number of aliphatic hydroxyl groups is 6. The van der Waals surface area contributed by atoms with Crippen LogP contribution in [0.4, 0.5) is 0 Å². The van der Waals surface area contributed by atoms with Gasteiger partial charge in [0.1, 0.15) is 30.0 Å². The minimum absolute atomic E-state index is 0.0165. The van der Waals surface area contributed by atoms with Crippen LogP contribution in [-0.4, -0.2) is 153 Å². The van der Waals surface area contributed by atoms with Crippen LogP contribution >= 0.6 is 0 Å². The number of nitrogens with zero attached hydrogens (tertiary/aromatic N) is 2. The van der Waals surface area contributed by atoms with Crippen LogP contribution in [0.3, 0.4) is 0 Å². The number of methoxy groups -OCH3 is 1. The Balaban J connectivity index is 2.20. The van der Waals surface area contributed by atoms with Crippen molar-refractivity contribution in [3.8, 4) is 12.3 Å². The number of terminal acetylenes is 1. The van der Waals surface area contributed by atoms with Gasteiger partial charge in [0.25, 0.3) is 0 Å². The molecule has 0 aliphatic carbocycles. The number of aliphatic hydroxyl groups excluding tert-OH is 3. The third-order valence-corrected chi connectivity index (χ3v) is 12.4. The Bertz CT molecular complexity index is 1300. The summed E-state index contributed by atoms with van der Waals surface area (Å²) >= 11 is 0. The van der Waals surface area contributed by atoms with Crippen LogP contribution in [0, 0.1) is 40.9 Å². The molecule has 0 aromatic heterocycles. The fourth-order valence-corrected chi connectivity index (χ4v) is 8.76. The topological polar surface area (TPSA) is 226 Å². The molecule has 318 valence electrons. The van der Waals surface area contributed by atoms with Gasteiger partial charge < -0.3 is 59.1 Å². The summed E-state index contributed by atoms with van der Waals surface area (Å²) in [6.45, 7) is 14.7. The number of nitroso groups, excluding NO2 is 1. The van der Waals surface area contributed by atoms with Crippen molar-refractivity contribution in [3.05, 3.63) is 4.91 Å². The van der Waals surface area contributed by atoms with Crippen molar-refractivity contribution in [2.45, 2.75) is 185 Å². The highest BCUT2D eigenvalue weighted by Crippen LogP contribution is 2.41. The molecule has 0 bridgehead atoms. The number of likely N-dealkylation sites (N-methyl/N-ethyl adjacent to an activating group) is 1. The van der Waals surface area contributed by atoms with Gasteiger partial charge in [0, 0.05) is 50.8 Å². The first kappa shape index (κ1) is 47.5. The standard InChI is InChI=1S/C39H68N2O14/c1-13-15-16-41(11)26-17-21(4)51-36(30(26)42)55-34-23(6)31(54-28-19-37(9,50-12)33(44)25(8)52-28)24(7)35(45)53-27(14-2)38(10,46)32(43)22(5)29(40-49)20(3)18-39(34,47)48/h1,20-34,36,42-44,46-48H,14-19H2,2-12H3/t20-,21-,22+,23+,24-,25+,26+,27-,28?,29?,30+,31+,32-,33+,34-,36?,37-,38-/m1/s1. The fourth-order valence-electron chi connectivity index (χ4n) is 8.76. The fraction of sp³-hybridized carbons (Fsp3) is 0.923. The van der Waals surface area contributed by atoms with E-state index in [0.29, 0.717) is 19.4 Å². The van der Waals surface area contributed by atoms with Gasteiger partial charge in [-0.05, 0) is 60.4 Å². The summed E-state index contributed by atoms with van der Waals surface area (Å²) in [7, 11) is 3.26. The van der Waals surface area contributed by atoms with E-state index in [-0.39, 0.29) is 12.8 Å². The van der Waals surface area contributed by atoms with E-state index in [1.165, 1.54) is 27.9 Å². The van der Waals surface area contributed by atoms with E-state index in [4.69, 9.17) is 34.8 Å². The van der Waals surface area contributed by atoms with Gasteiger partial charge >= 0.3 is 5.97 Å². The van der Waals surface area contributed by atoms with Crippen molar-refractivity contribution in [2.24, 2.45) is 28.8 Å². The molecule has 18 atom stereocenters. The Morgan fingerprint density at radius 1 is 0.982 bits per heavy atom. The summed E-state index contributed by atoms with van der Waals surface area (Å²) in [5, 5.41) is 73.2. The monoisotopic (exact) mass is 788 g/mol. The summed E-state index contributed by atoms with van der Waals surface area (Å²) in [6, 6.07) is -1.73. The zero-order valence-electron chi connectivity index (χ0n) is 34.4. The lowest BCUT2D eigenvalue weighted by atomic mass is 9.75. The number of carbonyl (C=O) groups excluding carboxylic acids is 1. The van der Waals surface area contributed by atoms with E-state index in [1.54, 1.807) is 41.5 Å². The minimum Gasteiger partial charge on any atom is -0.459 e. The van der Waals surface area contributed by atoms with Gasteiger partial charge in [-0.3, -0.25) is 9.69 Å². The molecular weight excluding hydrogens is 720 g/mol. The van der Waals surface area contributed by atoms with Crippen LogP contribution in [0.25, 0.3) is 0 Å². The Morgan fingerprint density at radius 2 is 1.62 bits per heavy atom. The molecule has 0 aromatic rings. The van der Waals surface area contributed by atoms with Crippen LogP contribution in [-0.2, 0) is 33.2 Å². The van der Waals surface area contributed by atoms with Crippen molar-refractivity contribution in [1.82, 2.24) is 4.90 Å². The van der Waals surface area contributed by atoms with Crippen molar-refractivity contribution < 1.29 is 63.9 Å². The van der Waals surface area contributed by atoms with E-state index in [2.05, 4.69) is 11.1 Å². The molecule has 16 heteroatoms. The molecule has 3 saturated heterocycles. The van der Waals surface area contributed by atoms with Crippen LogP contribution in [0.1, 0.15) is 94.4 Å². The molecule has 0 spiro atoms. The maximum Gasteiger partial charge on any atom is 0.311 e. The average molecular weight is 789 g/mol. The van der Waals surface area contributed by atoms with Crippen LogP contribution in [0.5, 0.6) is 0 Å². The summed E-state index contributed by atoms with van der Waals surface area (Å²) in [5.41, 5.74) is -3.17. The largest absolute Gasteiger partial charge is 0.459 e. The first-order valence-electron chi connectivity index (χ1n) is 19.6. The maximum absolute atomic E-state index is 14.1. The van der Waals surface area contributed by atoms with Gasteiger partial charge in [-0.15, -0.1) is 12.3 Å². The van der Waals surface area contributed by atoms with E-state index >= 15 is 0 Å². The highest BCUT2D eigenvalue weighted by Gasteiger charge is 2.54. The number of rotatable bonds is 10. The number of cyclic esters (lactones) is 1. The van der Waals surface area contributed by atoms with Gasteiger partial charge in [-0.1, -0.05) is 32.9 Å². The van der Waals surface area contributed by atoms with Crippen molar-refractivity contribution >= 4 is 5.97 Å². The molecule has 3 heterocycles. The zero-order chi connectivity index (χ0) is 41.8. The van der Waals surface area contributed by atoms with Crippen molar-refractivity contribution in [1.29, 1.82) is 0 Å². The van der Waals surface area contributed by atoms with Crippen LogP contribution < -0.4 is 0 Å². The molecule has 3 fully saturated rings. The van der Waals surface area contributed by atoms with Crippen molar-refractivity contribution in [3.63, 3.8) is 0 Å². The molecule has 0 aromatic carbocycles. The predicted molar refractivity (Wildman–Crippen MR) is 200 cm³/mol. The Labute approximate surface area is 326 Å². The lowest BCUT2D eigenvalue weighted by molar-refractivity contribution is -0.346. The lowest BCUT2D eigenvalue weighted by Gasteiger charge is -2.49. The maximum atomic E-state index is 14.1. The molecule has 6 N–H and O–H groups in total. The van der Waals surface area contributed by atoms with E-state index < -0.39 is 127 Å². The third kappa shape index (κ3) is 10.6. The molecule has 55 heavy (non-hydrogen) atoms. The highest BCUT2D eigenvalue weighted by atomic mass is 16.7. The van der Waals surface area contributed by atoms with Gasteiger partial charge in [-0.25, -0.2) is 0 Å².